The summed E-state index contributed by atoms with van der Waals surface area (Å²) in [6.45, 7) is 2.32. The fourth-order valence-corrected chi connectivity index (χ4v) is 7.25. The summed E-state index contributed by atoms with van der Waals surface area (Å²) < 4.78 is 0.0169. The Morgan fingerprint density at radius 2 is 1.58 bits per heavy atom. The van der Waals surface area contributed by atoms with Crippen LogP contribution in [-0.4, -0.2) is 22.5 Å². The summed E-state index contributed by atoms with van der Waals surface area (Å²) in [6, 6.07) is 0. The Kier molecular flexibility index (Phi) is 6.63. The van der Waals surface area contributed by atoms with Crippen LogP contribution in [0.4, 0.5) is 0 Å². The molecule has 0 aromatic carbocycles. The van der Waals surface area contributed by atoms with Gasteiger partial charge in [0.2, 0.25) is 0 Å². The minimum atomic E-state index is -0.253. The van der Waals surface area contributed by atoms with Crippen LogP contribution in [-0.2, 0) is 0 Å². The van der Waals surface area contributed by atoms with E-state index in [4.69, 9.17) is 45.7 Å². The third kappa shape index (κ3) is 4.88. The number of hydrogen-bond donors (Lipinski definition) is 3. The van der Waals surface area contributed by atoms with Crippen molar-refractivity contribution < 1.29 is 0 Å². The molecule has 0 amide bonds. The monoisotopic (exact) mass is 382 g/mol. The molecular formula is C20H35BS3. The molecule has 0 aromatic rings. The van der Waals surface area contributed by atoms with Gasteiger partial charge in [0.1, 0.15) is 0 Å². The molecule has 3 aliphatic rings. The molecule has 0 aromatic heterocycles. The lowest BCUT2D eigenvalue weighted by atomic mass is 9.54. The lowest BCUT2D eigenvalue weighted by molar-refractivity contribution is 0.0813. The molecule has 0 spiro atoms. The highest BCUT2D eigenvalue weighted by atomic mass is 32.1. The number of hydrogen-bond acceptors (Lipinski definition) is 3. The van der Waals surface area contributed by atoms with Gasteiger partial charge in [-0.3, -0.25) is 0 Å². The Morgan fingerprint density at radius 3 is 2.25 bits per heavy atom. The maximum Gasteiger partial charge on any atom is 0.0893 e. The van der Waals surface area contributed by atoms with E-state index in [1.807, 2.05) is 0 Å². The molecule has 0 heterocycles. The molecule has 24 heavy (non-hydrogen) atoms. The average Bonchev–Trinajstić information content (AvgIpc) is 2.45. The van der Waals surface area contributed by atoms with E-state index in [2.05, 4.69) is 6.92 Å². The van der Waals surface area contributed by atoms with Crippen molar-refractivity contribution in [1.82, 2.24) is 0 Å². The van der Waals surface area contributed by atoms with E-state index in [9.17, 15) is 0 Å². The molecule has 136 valence electrons. The highest BCUT2D eigenvalue weighted by Gasteiger charge is 2.46. The van der Waals surface area contributed by atoms with Gasteiger partial charge < -0.3 is 0 Å². The average molecular weight is 383 g/mol. The van der Waals surface area contributed by atoms with E-state index in [1.54, 1.807) is 0 Å². The topological polar surface area (TPSA) is 0 Å². The molecule has 0 nitrogen and oxygen atoms in total. The van der Waals surface area contributed by atoms with E-state index in [-0.39, 0.29) is 9.39 Å². The number of fused-ring (bicyclic) bond motifs is 1. The quantitative estimate of drug-likeness (QED) is 0.381. The SMILES string of the molecule is [B]C1(S)CCCC2C(CC3CCCC(C)(S)CCC3)CC(S)CC21. The van der Waals surface area contributed by atoms with Crippen LogP contribution in [0.15, 0.2) is 0 Å². The van der Waals surface area contributed by atoms with Crippen molar-refractivity contribution in [2.45, 2.75) is 98.6 Å². The molecule has 0 N–H and O–H groups in total. The molecule has 0 aliphatic heterocycles. The third-order valence-corrected chi connectivity index (χ3v) is 8.70. The molecule has 3 fully saturated rings. The molecule has 0 saturated heterocycles. The fraction of sp³-hybridized carbons (Fsp3) is 1.00. The van der Waals surface area contributed by atoms with Gasteiger partial charge in [0, 0.05) is 10.00 Å². The zero-order valence-corrected chi connectivity index (χ0v) is 18.0. The van der Waals surface area contributed by atoms with Gasteiger partial charge in [0.25, 0.3) is 0 Å². The van der Waals surface area contributed by atoms with Gasteiger partial charge >= 0.3 is 0 Å². The Morgan fingerprint density at radius 1 is 0.958 bits per heavy atom. The zero-order valence-electron chi connectivity index (χ0n) is 15.3. The molecule has 3 rings (SSSR count). The number of thiol groups is 3. The highest BCUT2D eigenvalue weighted by molar-refractivity contribution is 7.83. The second kappa shape index (κ2) is 8.01. The van der Waals surface area contributed by atoms with Crippen LogP contribution >= 0.6 is 37.9 Å². The summed E-state index contributed by atoms with van der Waals surface area (Å²) in [5.74, 6) is 3.11. The molecule has 4 heteroatoms. The van der Waals surface area contributed by atoms with Crippen molar-refractivity contribution in [2.24, 2.45) is 23.7 Å². The zero-order chi connectivity index (χ0) is 17.4. The van der Waals surface area contributed by atoms with Crippen molar-refractivity contribution in [3.05, 3.63) is 0 Å². The van der Waals surface area contributed by atoms with Crippen LogP contribution in [0.3, 0.4) is 0 Å². The first-order valence-electron chi connectivity index (χ1n) is 10.2. The van der Waals surface area contributed by atoms with Gasteiger partial charge in [-0.05, 0) is 73.3 Å². The van der Waals surface area contributed by atoms with E-state index in [0.717, 1.165) is 24.2 Å². The summed E-state index contributed by atoms with van der Waals surface area (Å²) in [4.78, 5) is 0. The van der Waals surface area contributed by atoms with Crippen LogP contribution in [0.25, 0.3) is 0 Å². The molecule has 2 radical (unpaired) electrons. The van der Waals surface area contributed by atoms with E-state index >= 15 is 0 Å². The first kappa shape index (κ1) is 19.9. The molecule has 3 aliphatic carbocycles. The molecule has 5 unspecified atom stereocenters. The molecular weight excluding hydrogens is 347 g/mol. The van der Waals surface area contributed by atoms with Gasteiger partial charge in [-0.2, -0.15) is 37.9 Å². The van der Waals surface area contributed by atoms with Crippen LogP contribution in [0, 0.1) is 23.7 Å². The Balaban J connectivity index is 1.63. The summed E-state index contributed by atoms with van der Waals surface area (Å²) in [5.41, 5.74) is 0. The fourth-order valence-electron chi connectivity index (χ4n) is 5.98. The van der Waals surface area contributed by atoms with Crippen molar-refractivity contribution in [1.29, 1.82) is 0 Å². The predicted octanol–water partition coefficient (Wildman–Crippen LogP) is 5.95. The van der Waals surface area contributed by atoms with Gasteiger partial charge in [-0.25, -0.2) is 0 Å². The van der Waals surface area contributed by atoms with Crippen molar-refractivity contribution in [3.63, 3.8) is 0 Å². The predicted molar refractivity (Wildman–Crippen MR) is 117 cm³/mol. The van der Waals surface area contributed by atoms with Crippen molar-refractivity contribution in [2.75, 3.05) is 0 Å². The Hall–Kier alpha value is 1.11. The largest absolute Gasteiger partial charge is 0.182 e. The Labute approximate surface area is 167 Å². The maximum atomic E-state index is 6.59. The maximum absolute atomic E-state index is 6.59. The second-order valence-corrected chi connectivity index (χ2v) is 12.1. The first-order valence-corrected chi connectivity index (χ1v) is 11.6. The van der Waals surface area contributed by atoms with E-state index in [0.29, 0.717) is 11.2 Å². The van der Waals surface area contributed by atoms with Gasteiger partial charge in [-0.15, -0.1) is 0 Å². The third-order valence-electron chi connectivity index (χ3n) is 7.27. The van der Waals surface area contributed by atoms with E-state index in [1.165, 1.54) is 70.6 Å². The molecule has 5 atom stereocenters. The highest BCUT2D eigenvalue weighted by Crippen LogP contribution is 2.52. The summed E-state index contributed by atoms with van der Waals surface area (Å²) in [6.07, 6.45) is 15.6. The lowest BCUT2D eigenvalue weighted by Gasteiger charge is -2.52. The van der Waals surface area contributed by atoms with Crippen LogP contribution in [0.5, 0.6) is 0 Å². The molecule has 0 bridgehead atoms. The lowest BCUT2D eigenvalue weighted by Crippen LogP contribution is -2.48. The minimum Gasteiger partial charge on any atom is -0.182 e. The van der Waals surface area contributed by atoms with Gasteiger partial charge in [-0.1, -0.05) is 39.0 Å². The second-order valence-electron chi connectivity index (χ2n) is 9.42. The molecule has 3 saturated carbocycles. The summed E-state index contributed by atoms with van der Waals surface area (Å²) in [5, 5.41) is 0.527. The van der Waals surface area contributed by atoms with Crippen molar-refractivity contribution >= 4 is 45.7 Å². The van der Waals surface area contributed by atoms with E-state index < -0.39 is 0 Å². The van der Waals surface area contributed by atoms with Crippen molar-refractivity contribution in [3.8, 4) is 0 Å². The van der Waals surface area contributed by atoms with Gasteiger partial charge in [0.05, 0.1) is 7.85 Å². The van der Waals surface area contributed by atoms with Crippen LogP contribution < -0.4 is 0 Å². The standard InChI is InChI=1S/C20H35BS3/c1-19(23)8-2-5-14(6-3-9-19)11-15-12-16(22)13-18-17(15)7-4-10-20(18,21)24/h14-18,22-24H,2-13H2,1H3. The normalized spacial score (nSPS) is 50.6. The summed E-state index contributed by atoms with van der Waals surface area (Å²) >= 11 is 14.6. The van der Waals surface area contributed by atoms with Crippen LogP contribution in [0.2, 0.25) is 0 Å². The van der Waals surface area contributed by atoms with Crippen LogP contribution in [0.1, 0.15) is 84.0 Å². The van der Waals surface area contributed by atoms with Gasteiger partial charge in [0.15, 0.2) is 0 Å². The Bertz CT molecular complexity index is 411. The minimum absolute atomic E-state index is 0.253. The first-order chi connectivity index (χ1) is 11.3. The smallest absolute Gasteiger partial charge is 0.0893 e. The summed E-state index contributed by atoms with van der Waals surface area (Å²) in [7, 11) is 6.59. The number of rotatable bonds is 2.